The smallest absolute Gasteiger partial charge is 0.227 e. The van der Waals surface area contributed by atoms with Gasteiger partial charge in [-0.3, -0.25) is 14.1 Å². The fraction of sp³-hybridized carbons (Fsp3) is 0.556. The molecule has 0 saturated carbocycles. The molecule has 23 heavy (non-hydrogen) atoms. The first-order valence-corrected chi connectivity index (χ1v) is 8.53. The minimum Gasteiger partial charge on any atom is -0.490 e. The molecule has 0 aromatic carbocycles. The van der Waals surface area contributed by atoms with Crippen molar-refractivity contribution < 1.29 is 9.53 Å². The Labute approximate surface area is 138 Å². The summed E-state index contributed by atoms with van der Waals surface area (Å²) in [6.45, 7) is 6.89. The van der Waals surface area contributed by atoms with E-state index < -0.39 is 0 Å². The van der Waals surface area contributed by atoms with Gasteiger partial charge in [-0.05, 0) is 31.4 Å². The lowest BCUT2D eigenvalue weighted by atomic mass is 10.2. The van der Waals surface area contributed by atoms with Gasteiger partial charge in [-0.25, -0.2) is 4.98 Å². The van der Waals surface area contributed by atoms with E-state index >= 15 is 0 Å². The van der Waals surface area contributed by atoms with Crippen LogP contribution in [0.15, 0.2) is 18.3 Å². The third kappa shape index (κ3) is 3.66. The fourth-order valence-corrected chi connectivity index (χ4v) is 2.61. The number of rotatable bonds is 8. The molecule has 0 aliphatic heterocycles. The number of hydrogen-bond donors (Lipinski definition) is 0. The molecule has 126 valence electrons. The van der Waals surface area contributed by atoms with E-state index in [2.05, 4.69) is 20.8 Å². The first-order chi connectivity index (χ1) is 11.1. The Kier molecular flexibility index (Phi) is 6.02. The quantitative estimate of drug-likeness (QED) is 0.743. The molecule has 2 rings (SSSR count). The van der Waals surface area contributed by atoms with Crippen LogP contribution in [0.5, 0.6) is 5.75 Å². The molecule has 5 heteroatoms. The Morgan fingerprint density at radius 2 is 2.09 bits per heavy atom. The first-order valence-electron chi connectivity index (χ1n) is 8.53. The van der Waals surface area contributed by atoms with Gasteiger partial charge in [0, 0.05) is 19.7 Å². The minimum atomic E-state index is 0.128. The van der Waals surface area contributed by atoms with E-state index in [1.807, 2.05) is 29.8 Å². The third-order valence-electron chi connectivity index (χ3n) is 3.89. The SMILES string of the molecule is CCCCC(=O)N(C)c1c(CC)nc2c(OCCC)cccn12. The summed E-state index contributed by atoms with van der Waals surface area (Å²) in [6, 6.07) is 3.87. The van der Waals surface area contributed by atoms with Gasteiger partial charge in [0.1, 0.15) is 5.82 Å². The van der Waals surface area contributed by atoms with Crippen molar-refractivity contribution in [2.75, 3.05) is 18.6 Å². The van der Waals surface area contributed by atoms with Crippen LogP contribution in [0.2, 0.25) is 0 Å². The Morgan fingerprint density at radius 1 is 1.30 bits per heavy atom. The van der Waals surface area contributed by atoms with Crippen LogP contribution >= 0.6 is 0 Å². The lowest BCUT2D eigenvalue weighted by Gasteiger charge is -2.18. The number of nitrogens with zero attached hydrogens (tertiary/aromatic N) is 3. The Hall–Kier alpha value is -2.04. The van der Waals surface area contributed by atoms with Gasteiger partial charge in [0.25, 0.3) is 0 Å². The summed E-state index contributed by atoms with van der Waals surface area (Å²) < 4.78 is 7.77. The first kappa shape index (κ1) is 17.3. The molecular formula is C18H27N3O2. The number of carbonyl (C=O) groups excluding carboxylic acids is 1. The molecule has 0 aliphatic rings. The van der Waals surface area contributed by atoms with Gasteiger partial charge in [-0.1, -0.05) is 27.2 Å². The normalized spacial score (nSPS) is 11.0. The zero-order valence-corrected chi connectivity index (χ0v) is 14.6. The Balaban J connectivity index is 2.44. The van der Waals surface area contributed by atoms with Crippen molar-refractivity contribution in [1.29, 1.82) is 0 Å². The molecule has 0 atom stereocenters. The van der Waals surface area contributed by atoms with Crippen molar-refractivity contribution in [3.8, 4) is 5.75 Å². The second-order valence-corrected chi connectivity index (χ2v) is 5.71. The summed E-state index contributed by atoms with van der Waals surface area (Å²) in [5, 5.41) is 0. The number of aromatic nitrogens is 2. The van der Waals surface area contributed by atoms with Gasteiger partial charge >= 0.3 is 0 Å². The Morgan fingerprint density at radius 3 is 2.74 bits per heavy atom. The molecule has 0 N–H and O–H groups in total. The highest BCUT2D eigenvalue weighted by Gasteiger charge is 2.21. The van der Waals surface area contributed by atoms with Crippen molar-refractivity contribution in [3.63, 3.8) is 0 Å². The molecule has 0 saturated heterocycles. The topological polar surface area (TPSA) is 46.8 Å². The highest BCUT2D eigenvalue weighted by Crippen LogP contribution is 2.28. The molecule has 0 aliphatic carbocycles. The number of fused-ring (bicyclic) bond motifs is 1. The molecule has 1 amide bonds. The second kappa shape index (κ2) is 7.99. The fourth-order valence-electron chi connectivity index (χ4n) is 2.61. The molecule has 0 bridgehead atoms. The van der Waals surface area contributed by atoms with Crippen LogP contribution in [0.25, 0.3) is 5.65 Å². The molecule has 5 nitrogen and oxygen atoms in total. The molecule has 2 aromatic heterocycles. The molecular weight excluding hydrogens is 290 g/mol. The van der Waals surface area contributed by atoms with E-state index in [4.69, 9.17) is 9.72 Å². The van der Waals surface area contributed by atoms with Gasteiger partial charge < -0.3 is 4.74 Å². The maximum absolute atomic E-state index is 12.4. The van der Waals surface area contributed by atoms with Crippen molar-refractivity contribution in [3.05, 3.63) is 24.0 Å². The van der Waals surface area contributed by atoms with E-state index in [-0.39, 0.29) is 5.91 Å². The Bertz CT molecular complexity index is 664. The van der Waals surface area contributed by atoms with E-state index in [9.17, 15) is 4.79 Å². The van der Waals surface area contributed by atoms with Crippen LogP contribution in [0.3, 0.4) is 0 Å². The number of imidazole rings is 1. The molecule has 0 unspecified atom stereocenters. The van der Waals surface area contributed by atoms with Gasteiger partial charge in [-0.15, -0.1) is 0 Å². The number of ether oxygens (including phenoxy) is 1. The summed E-state index contributed by atoms with van der Waals surface area (Å²) in [5.41, 5.74) is 1.70. The average molecular weight is 317 g/mol. The number of unbranched alkanes of at least 4 members (excludes halogenated alkanes) is 1. The number of aryl methyl sites for hydroxylation is 1. The zero-order chi connectivity index (χ0) is 16.8. The van der Waals surface area contributed by atoms with E-state index in [0.717, 1.165) is 48.6 Å². The monoisotopic (exact) mass is 317 g/mol. The van der Waals surface area contributed by atoms with Gasteiger partial charge in [0.15, 0.2) is 11.4 Å². The number of carbonyl (C=O) groups is 1. The van der Waals surface area contributed by atoms with Crippen LogP contribution in [0.1, 0.15) is 52.1 Å². The maximum Gasteiger partial charge on any atom is 0.227 e. The van der Waals surface area contributed by atoms with E-state index in [0.29, 0.717) is 13.0 Å². The van der Waals surface area contributed by atoms with Crippen molar-refractivity contribution in [2.45, 2.75) is 52.9 Å². The molecule has 0 radical (unpaired) electrons. The molecule has 0 spiro atoms. The van der Waals surface area contributed by atoms with Crippen molar-refractivity contribution in [1.82, 2.24) is 9.38 Å². The third-order valence-corrected chi connectivity index (χ3v) is 3.89. The highest BCUT2D eigenvalue weighted by atomic mass is 16.5. The summed E-state index contributed by atoms with van der Waals surface area (Å²) in [5.74, 6) is 1.75. The average Bonchev–Trinajstić information content (AvgIpc) is 2.96. The van der Waals surface area contributed by atoms with Crippen molar-refractivity contribution >= 4 is 17.4 Å². The van der Waals surface area contributed by atoms with Gasteiger partial charge in [0.05, 0.1) is 12.3 Å². The zero-order valence-electron chi connectivity index (χ0n) is 14.6. The molecule has 2 heterocycles. The summed E-state index contributed by atoms with van der Waals surface area (Å²) >= 11 is 0. The van der Waals surface area contributed by atoms with Crippen LogP contribution in [0, 0.1) is 0 Å². The van der Waals surface area contributed by atoms with Crippen LogP contribution < -0.4 is 9.64 Å². The van der Waals surface area contributed by atoms with Crippen LogP contribution in [-0.2, 0) is 11.2 Å². The van der Waals surface area contributed by atoms with Crippen molar-refractivity contribution in [2.24, 2.45) is 0 Å². The summed E-state index contributed by atoms with van der Waals surface area (Å²) in [7, 11) is 1.83. The van der Waals surface area contributed by atoms with Gasteiger partial charge in [0.2, 0.25) is 5.91 Å². The predicted molar refractivity (Wildman–Crippen MR) is 93.3 cm³/mol. The highest BCUT2D eigenvalue weighted by molar-refractivity contribution is 5.93. The minimum absolute atomic E-state index is 0.128. The number of anilines is 1. The lowest BCUT2D eigenvalue weighted by Crippen LogP contribution is -2.28. The van der Waals surface area contributed by atoms with Crippen LogP contribution in [0.4, 0.5) is 5.82 Å². The number of amides is 1. The van der Waals surface area contributed by atoms with Gasteiger partial charge in [-0.2, -0.15) is 0 Å². The predicted octanol–water partition coefficient (Wildman–Crippen LogP) is 3.84. The summed E-state index contributed by atoms with van der Waals surface area (Å²) in [4.78, 5) is 18.9. The molecule has 2 aromatic rings. The largest absolute Gasteiger partial charge is 0.490 e. The number of pyridine rings is 1. The number of hydrogen-bond acceptors (Lipinski definition) is 3. The van der Waals surface area contributed by atoms with E-state index in [1.165, 1.54) is 0 Å². The molecule has 0 fully saturated rings. The van der Waals surface area contributed by atoms with Crippen LogP contribution in [-0.4, -0.2) is 28.9 Å². The standard InChI is InChI=1S/C18H27N3O2/c1-5-8-11-16(22)20(4)18-14(7-3)19-17-15(23-13-6-2)10-9-12-21(17)18/h9-10,12H,5-8,11,13H2,1-4H3. The lowest BCUT2D eigenvalue weighted by molar-refractivity contribution is -0.118. The summed E-state index contributed by atoms with van der Waals surface area (Å²) in [6.07, 6.45) is 6.16. The second-order valence-electron chi connectivity index (χ2n) is 5.71. The van der Waals surface area contributed by atoms with E-state index in [1.54, 1.807) is 4.90 Å². The maximum atomic E-state index is 12.4.